The Labute approximate surface area is 211 Å². The van der Waals surface area contributed by atoms with Crippen LogP contribution in [0.25, 0.3) is 10.9 Å². The maximum absolute atomic E-state index is 13.1. The van der Waals surface area contributed by atoms with Gasteiger partial charge in [-0.05, 0) is 96.8 Å². The lowest BCUT2D eigenvalue weighted by Gasteiger charge is -2.29. The fraction of sp³-hybridized carbons (Fsp3) is 0.267. The number of phenolic OH excluding ortho intramolecular Hbond substituents is 1. The smallest absolute Gasteiger partial charge is 0.237 e. The van der Waals surface area contributed by atoms with Crippen LogP contribution in [0.1, 0.15) is 45.8 Å². The lowest BCUT2D eigenvalue weighted by molar-refractivity contribution is -0.123. The highest BCUT2D eigenvalue weighted by molar-refractivity contribution is 5.83. The van der Waals surface area contributed by atoms with Gasteiger partial charge in [-0.2, -0.15) is 0 Å². The van der Waals surface area contributed by atoms with Crippen LogP contribution in [0.4, 0.5) is 5.69 Å². The van der Waals surface area contributed by atoms with Gasteiger partial charge in [0.05, 0.1) is 17.6 Å². The summed E-state index contributed by atoms with van der Waals surface area (Å²) in [6.45, 7) is 4.65. The van der Waals surface area contributed by atoms with Gasteiger partial charge in [0.2, 0.25) is 5.91 Å². The number of hydrogen-bond acceptors (Lipinski definition) is 5. The average molecular weight is 481 g/mol. The van der Waals surface area contributed by atoms with Gasteiger partial charge in [0.15, 0.2) is 0 Å². The van der Waals surface area contributed by atoms with Crippen molar-refractivity contribution in [2.75, 3.05) is 11.9 Å². The number of anilines is 1. The van der Waals surface area contributed by atoms with Crippen molar-refractivity contribution in [3.63, 3.8) is 0 Å². The third-order valence-electron chi connectivity index (χ3n) is 7.05. The molecule has 0 spiro atoms. The van der Waals surface area contributed by atoms with Crippen LogP contribution in [0.5, 0.6) is 5.75 Å². The van der Waals surface area contributed by atoms with Gasteiger partial charge in [-0.1, -0.05) is 30.3 Å². The molecule has 0 saturated carbocycles. The van der Waals surface area contributed by atoms with Crippen LogP contribution in [0, 0.1) is 13.8 Å². The van der Waals surface area contributed by atoms with E-state index in [1.807, 2.05) is 38.2 Å². The second-order valence-electron chi connectivity index (χ2n) is 9.78. The highest BCUT2D eigenvalue weighted by Gasteiger charge is 2.25. The summed E-state index contributed by atoms with van der Waals surface area (Å²) in [4.78, 5) is 17.7. The Morgan fingerprint density at radius 2 is 1.89 bits per heavy atom. The van der Waals surface area contributed by atoms with E-state index in [2.05, 4.69) is 45.9 Å². The van der Waals surface area contributed by atoms with E-state index in [0.29, 0.717) is 6.42 Å². The molecule has 2 heterocycles. The summed E-state index contributed by atoms with van der Waals surface area (Å²) in [7, 11) is 0. The van der Waals surface area contributed by atoms with Gasteiger partial charge in [0.25, 0.3) is 0 Å². The van der Waals surface area contributed by atoms with Crippen molar-refractivity contribution in [3.8, 4) is 5.75 Å². The Morgan fingerprint density at radius 1 is 1.11 bits per heavy atom. The Kier molecular flexibility index (Phi) is 6.61. The molecule has 5 N–H and O–H groups in total. The summed E-state index contributed by atoms with van der Waals surface area (Å²) >= 11 is 0. The zero-order chi connectivity index (χ0) is 25.2. The zero-order valence-corrected chi connectivity index (χ0v) is 20.7. The highest BCUT2D eigenvalue weighted by atomic mass is 16.3. The molecule has 5 rings (SSSR count). The Morgan fingerprint density at radius 3 is 2.69 bits per heavy atom. The van der Waals surface area contributed by atoms with E-state index in [9.17, 15) is 9.90 Å². The number of aryl methyl sites for hydroxylation is 2. The first-order valence-electron chi connectivity index (χ1n) is 12.4. The fourth-order valence-electron chi connectivity index (χ4n) is 5.16. The third-order valence-corrected chi connectivity index (χ3v) is 7.05. The summed E-state index contributed by atoms with van der Waals surface area (Å²) in [5, 5.41) is 17.6. The predicted octanol–water partition coefficient (Wildman–Crippen LogP) is 4.69. The molecule has 36 heavy (non-hydrogen) atoms. The van der Waals surface area contributed by atoms with Gasteiger partial charge in [-0.25, -0.2) is 0 Å². The summed E-state index contributed by atoms with van der Waals surface area (Å²) in [6.07, 6.45) is 3.93. The quantitative estimate of drug-likeness (QED) is 0.321. The number of para-hydroxylation sites is 1. The van der Waals surface area contributed by atoms with Crippen molar-refractivity contribution < 1.29 is 9.90 Å². The molecule has 0 unspecified atom stereocenters. The Hall–Kier alpha value is -3.90. The molecule has 1 amide bonds. The number of carbonyl (C=O) groups excluding carboxylic acids is 1. The number of nitrogens with one attached hydrogen (secondary N) is 2. The molecular weight excluding hydrogens is 448 g/mol. The fourth-order valence-corrected chi connectivity index (χ4v) is 5.16. The topological polar surface area (TPSA) is 100 Å². The Balaban J connectivity index is 1.31. The molecule has 3 aromatic carbocycles. The lowest BCUT2D eigenvalue weighted by Crippen LogP contribution is -2.44. The summed E-state index contributed by atoms with van der Waals surface area (Å²) in [5.41, 5.74) is 14.7. The highest BCUT2D eigenvalue weighted by Crippen LogP contribution is 2.32. The first kappa shape index (κ1) is 23.8. The SMILES string of the molecule is Cc1cc(O)cc(C)c1C[C@H](N)C(=O)N[C@@H]1CCNc2ccc(Cc3cnc4ccccc4c3)cc21. The number of aromatic nitrogens is 1. The summed E-state index contributed by atoms with van der Waals surface area (Å²) in [5.74, 6) is 0.0669. The minimum atomic E-state index is -0.669. The second-order valence-corrected chi connectivity index (χ2v) is 9.78. The van der Waals surface area contributed by atoms with E-state index in [-0.39, 0.29) is 17.7 Å². The van der Waals surface area contributed by atoms with Crippen molar-refractivity contribution in [1.82, 2.24) is 10.3 Å². The average Bonchev–Trinajstić information content (AvgIpc) is 2.86. The van der Waals surface area contributed by atoms with Crippen LogP contribution in [-0.2, 0) is 17.6 Å². The number of pyridine rings is 1. The number of amides is 1. The van der Waals surface area contributed by atoms with Crippen molar-refractivity contribution in [1.29, 1.82) is 0 Å². The molecule has 1 aliphatic heterocycles. The van der Waals surface area contributed by atoms with Crippen LogP contribution >= 0.6 is 0 Å². The number of benzene rings is 3. The van der Waals surface area contributed by atoms with Crippen molar-refractivity contribution >= 4 is 22.5 Å². The van der Waals surface area contributed by atoms with Gasteiger partial charge in [-0.3, -0.25) is 9.78 Å². The number of carbonyl (C=O) groups is 1. The molecule has 0 aliphatic carbocycles. The van der Waals surface area contributed by atoms with E-state index in [4.69, 9.17) is 5.73 Å². The largest absolute Gasteiger partial charge is 0.508 e. The number of nitrogens with zero attached hydrogens (tertiary/aromatic N) is 1. The monoisotopic (exact) mass is 480 g/mol. The number of phenols is 1. The molecule has 0 radical (unpaired) electrons. The number of fused-ring (bicyclic) bond motifs is 2. The first-order chi connectivity index (χ1) is 17.4. The molecule has 1 aromatic heterocycles. The number of rotatable bonds is 6. The summed E-state index contributed by atoms with van der Waals surface area (Å²) < 4.78 is 0. The van der Waals surface area contributed by atoms with Crippen LogP contribution in [-0.4, -0.2) is 28.6 Å². The van der Waals surface area contributed by atoms with Crippen LogP contribution in [0.3, 0.4) is 0 Å². The van der Waals surface area contributed by atoms with E-state index in [0.717, 1.165) is 63.8 Å². The molecular formula is C30H32N4O2. The molecule has 4 aromatic rings. The van der Waals surface area contributed by atoms with Gasteiger partial charge >= 0.3 is 0 Å². The van der Waals surface area contributed by atoms with Crippen LogP contribution in [0.2, 0.25) is 0 Å². The molecule has 6 nitrogen and oxygen atoms in total. The third kappa shape index (κ3) is 5.04. The number of aromatic hydroxyl groups is 1. The molecule has 6 heteroatoms. The lowest BCUT2D eigenvalue weighted by atomic mass is 9.93. The van der Waals surface area contributed by atoms with Crippen LogP contribution in [0.15, 0.2) is 66.9 Å². The van der Waals surface area contributed by atoms with Gasteiger partial charge in [0.1, 0.15) is 5.75 Å². The van der Waals surface area contributed by atoms with Gasteiger partial charge in [-0.15, -0.1) is 0 Å². The van der Waals surface area contributed by atoms with Gasteiger partial charge < -0.3 is 21.5 Å². The maximum Gasteiger partial charge on any atom is 0.237 e. The first-order valence-corrected chi connectivity index (χ1v) is 12.4. The molecule has 2 atom stereocenters. The van der Waals surface area contributed by atoms with E-state index < -0.39 is 6.04 Å². The minimum absolute atomic E-state index is 0.100. The van der Waals surface area contributed by atoms with E-state index >= 15 is 0 Å². The minimum Gasteiger partial charge on any atom is -0.508 e. The van der Waals surface area contributed by atoms with Gasteiger partial charge in [0, 0.05) is 23.8 Å². The molecule has 1 aliphatic rings. The van der Waals surface area contributed by atoms with E-state index in [1.165, 1.54) is 5.56 Å². The zero-order valence-electron chi connectivity index (χ0n) is 20.7. The molecule has 0 saturated heterocycles. The van der Waals surface area contributed by atoms with E-state index in [1.54, 1.807) is 12.1 Å². The number of nitrogens with two attached hydrogens (primary N) is 1. The van der Waals surface area contributed by atoms with Crippen molar-refractivity contribution in [2.45, 2.75) is 45.2 Å². The molecule has 0 bridgehead atoms. The van der Waals surface area contributed by atoms with Crippen LogP contribution < -0.4 is 16.4 Å². The summed E-state index contributed by atoms with van der Waals surface area (Å²) in [6, 6.07) is 19.4. The maximum atomic E-state index is 13.1. The second kappa shape index (κ2) is 9.99. The predicted molar refractivity (Wildman–Crippen MR) is 144 cm³/mol. The normalized spacial score (nSPS) is 15.7. The standard InChI is InChI=1S/C30H32N4O2/c1-18-11-23(35)12-19(2)24(18)16-26(31)30(36)34-29-9-10-32-28-8-7-20(15-25(28)29)13-21-14-22-5-3-4-6-27(22)33-17-21/h3-8,11-12,14-15,17,26,29,32,35H,9-10,13,16,31H2,1-2H3,(H,34,36)/t26-,29+/m0/s1. The Bertz CT molecular complexity index is 1410. The van der Waals surface area contributed by atoms with Crippen molar-refractivity contribution in [2.24, 2.45) is 5.73 Å². The number of hydrogen-bond donors (Lipinski definition) is 4. The van der Waals surface area contributed by atoms with Crippen molar-refractivity contribution in [3.05, 3.63) is 100 Å². The molecule has 184 valence electrons. The molecule has 0 fully saturated rings.